The van der Waals surface area contributed by atoms with Crippen LogP contribution in [-0.2, 0) is 0 Å². The van der Waals surface area contributed by atoms with E-state index in [4.69, 9.17) is 12.2 Å². The highest BCUT2D eigenvalue weighted by molar-refractivity contribution is 7.78. The fraction of sp³-hybridized carbons (Fsp3) is 0.462. The molecule has 1 aromatic rings. The molecule has 0 spiro atoms. The van der Waals surface area contributed by atoms with E-state index >= 15 is 0 Å². The highest BCUT2D eigenvalue weighted by Gasteiger charge is 2.25. The lowest BCUT2D eigenvalue weighted by atomic mass is 10.1. The first-order valence-electron chi connectivity index (χ1n) is 5.95. The van der Waals surface area contributed by atoms with Gasteiger partial charge in [0.25, 0.3) is 0 Å². The van der Waals surface area contributed by atoms with Crippen LogP contribution in [0.1, 0.15) is 26.7 Å². The molecule has 0 fully saturated rings. The van der Waals surface area contributed by atoms with Crippen molar-refractivity contribution in [3.8, 4) is 0 Å². The van der Waals surface area contributed by atoms with Crippen LogP contribution >= 0.6 is 12.2 Å². The molecule has 0 saturated heterocycles. The van der Waals surface area contributed by atoms with Gasteiger partial charge in [0.05, 0.1) is 11.2 Å². The lowest BCUT2D eigenvalue weighted by Crippen LogP contribution is -2.60. The molecule has 1 rings (SSSR count). The quantitative estimate of drug-likeness (QED) is 0.443. The summed E-state index contributed by atoms with van der Waals surface area (Å²) >= 11 is 4.91. The molecule has 0 saturated carbocycles. The van der Waals surface area contributed by atoms with Gasteiger partial charge >= 0.3 is 0 Å². The Hall–Kier alpha value is -1.13. The third-order valence-corrected chi connectivity index (χ3v) is 3.19. The molecule has 2 N–H and O–H groups in total. The number of para-hydroxylation sites is 1. The van der Waals surface area contributed by atoms with Crippen molar-refractivity contribution in [2.45, 2.75) is 32.4 Å². The summed E-state index contributed by atoms with van der Waals surface area (Å²) < 4.78 is 0. The number of benzene rings is 1. The maximum Gasteiger partial charge on any atom is 0.105 e. The monoisotopic (exact) mass is 251 g/mol. The summed E-state index contributed by atoms with van der Waals surface area (Å²) in [5.74, 6) is 0. The van der Waals surface area contributed by atoms with Crippen molar-refractivity contribution in [3.05, 3.63) is 30.3 Å². The first-order chi connectivity index (χ1) is 8.17. The number of hydrogen-bond acceptors (Lipinski definition) is 3. The van der Waals surface area contributed by atoms with Crippen LogP contribution in [0, 0.1) is 0 Å². The van der Waals surface area contributed by atoms with E-state index in [2.05, 4.69) is 36.7 Å². The van der Waals surface area contributed by atoms with Crippen molar-refractivity contribution < 1.29 is 0 Å². The minimum atomic E-state index is -0.174. The van der Waals surface area contributed by atoms with Crippen LogP contribution in [0.25, 0.3) is 0 Å². The Morgan fingerprint density at radius 2 is 1.82 bits per heavy atom. The van der Waals surface area contributed by atoms with Crippen molar-refractivity contribution in [2.24, 2.45) is 0 Å². The van der Waals surface area contributed by atoms with Crippen LogP contribution in [0.15, 0.2) is 30.3 Å². The first kappa shape index (κ1) is 13.9. The Morgan fingerprint density at radius 3 is 2.29 bits per heavy atom. The predicted octanol–water partition coefficient (Wildman–Crippen LogP) is 2.69. The minimum Gasteiger partial charge on any atom is -0.363 e. The van der Waals surface area contributed by atoms with Gasteiger partial charge in [0, 0.05) is 7.05 Å². The van der Waals surface area contributed by atoms with E-state index in [-0.39, 0.29) is 5.66 Å². The molecule has 0 heterocycles. The van der Waals surface area contributed by atoms with Crippen LogP contribution in [0.2, 0.25) is 0 Å². The maximum atomic E-state index is 4.91. The number of hydrogen-bond donors (Lipinski definition) is 2. The summed E-state index contributed by atoms with van der Waals surface area (Å²) in [6.07, 6.45) is 1.90. The highest BCUT2D eigenvalue weighted by Crippen LogP contribution is 2.15. The maximum absolute atomic E-state index is 4.91. The van der Waals surface area contributed by atoms with Gasteiger partial charge in [0.2, 0.25) is 0 Å². The topological polar surface area (TPSA) is 27.3 Å². The fourth-order valence-electron chi connectivity index (χ4n) is 1.79. The van der Waals surface area contributed by atoms with Crippen molar-refractivity contribution in [1.82, 2.24) is 10.7 Å². The van der Waals surface area contributed by atoms with Gasteiger partial charge in [0.15, 0.2) is 0 Å². The van der Waals surface area contributed by atoms with Crippen molar-refractivity contribution in [3.63, 3.8) is 0 Å². The number of thiocarbonyl (C=S) groups is 1. The van der Waals surface area contributed by atoms with Crippen LogP contribution in [-0.4, -0.2) is 18.2 Å². The zero-order chi connectivity index (χ0) is 12.7. The van der Waals surface area contributed by atoms with E-state index in [1.807, 2.05) is 30.3 Å². The Morgan fingerprint density at radius 1 is 1.24 bits per heavy atom. The minimum absolute atomic E-state index is 0.174. The highest BCUT2D eigenvalue weighted by atomic mass is 32.1. The Bertz CT molecular complexity index is 336. The Labute approximate surface area is 109 Å². The SMILES string of the molecule is CCC(CC)(NC=S)NN(C)c1ccccc1. The van der Waals surface area contributed by atoms with Gasteiger partial charge in [-0.25, -0.2) is 5.43 Å². The molecule has 0 atom stereocenters. The van der Waals surface area contributed by atoms with Gasteiger partial charge in [-0.1, -0.05) is 44.3 Å². The van der Waals surface area contributed by atoms with Gasteiger partial charge in [-0.15, -0.1) is 0 Å². The van der Waals surface area contributed by atoms with Crippen molar-refractivity contribution in [2.75, 3.05) is 12.1 Å². The van der Waals surface area contributed by atoms with Crippen LogP contribution in [0.4, 0.5) is 5.69 Å². The van der Waals surface area contributed by atoms with E-state index < -0.39 is 0 Å². The number of hydrazine groups is 1. The molecule has 0 unspecified atom stereocenters. The molecule has 0 bridgehead atoms. The lowest BCUT2D eigenvalue weighted by Gasteiger charge is -2.38. The molecular formula is C13H21N3S. The molecule has 94 valence electrons. The van der Waals surface area contributed by atoms with E-state index in [1.54, 1.807) is 5.49 Å². The van der Waals surface area contributed by atoms with Crippen LogP contribution in [0.3, 0.4) is 0 Å². The van der Waals surface area contributed by atoms with Gasteiger partial charge in [-0.05, 0) is 25.0 Å². The summed E-state index contributed by atoms with van der Waals surface area (Å²) in [7, 11) is 2.01. The normalized spacial score (nSPS) is 11.0. The smallest absolute Gasteiger partial charge is 0.105 e. The summed E-state index contributed by atoms with van der Waals surface area (Å²) in [5.41, 5.74) is 6.01. The Balaban J connectivity index is 2.77. The first-order valence-corrected chi connectivity index (χ1v) is 6.42. The van der Waals surface area contributed by atoms with E-state index in [9.17, 15) is 0 Å². The molecule has 0 aliphatic rings. The largest absolute Gasteiger partial charge is 0.363 e. The molecule has 3 nitrogen and oxygen atoms in total. The van der Waals surface area contributed by atoms with E-state index in [0.717, 1.165) is 18.5 Å². The summed E-state index contributed by atoms with van der Waals surface area (Å²) in [6, 6.07) is 10.2. The molecule has 0 radical (unpaired) electrons. The van der Waals surface area contributed by atoms with E-state index in [1.165, 1.54) is 0 Å². The average molecular weight is 251 g/mol. The van der Waals surface area contributed by atoms with Gasteiger partial charge in [-0.2, -0.15) is 0 Å². The number of nitrogens with one attached hydrogen (secondary N) is 2. The Kier molecular flexibility index (Phi) is 5.38. The standard InChI is InChI=1S/C13H21N3S/c1-4-13(5-2,14-11-17)15-16(3)12-9-7-6-8-10-12/h6-11,15H,4-5H2,1-3H3,(H,14,17). The third kappa shape index (κ3) is 3.68. The molecule has 0 aromatic heterocycles. The second-order valence-electron chi connectivity index (χ2n) is 4.06. The van der Waals surface area contributed by atoms with E-state index in [0.29, 0.717) is 0 Å². The van der Waals surface area contributed by atoms with Crippen LogP contribution in [0.5, 0.6) is 0 Å². The number of anilines is 1. The molecule has 0 amide bonds. The number of nitrogens with zero attached hydrogens (tertiary/aromatic N) is 1. The third-order valence-electron chi connectivity index (χ3n) is 3.07. The molecule has 17 heavy (non-hydrogen) atoms. The summed E-state index contributed by atoms with van der Waals surface area (Å²) in [6.45, 7) is 4.28. The van der Waals surface area contributed by atoms with Gasteiger partial charge in [0.1, 0.15) is 5.66 Å². The summed E-state index contributed by atoms with van der Waals surface area (Å²) in [5, 5.41) is 5.26. The molecular weight excluding hydrogens is 230 g/mol. The average Bonchev–Trinajstić information content (AvgIpc) is 2.39. The van der Waals surface area contributed by atoms with Crippen LogP contribution < -0.4 is 15.8 Å². The van der Waals surface area contributed by atoms with Crippen molar-refractivity contribution >= 4 is 23.4 Å². The molecule has 1 aromatic carbocycles. The van der Waals surface area contributed by atoms with Crippen molar-refractivity contribution in [1.29, 1.82) is 0 Å². The van der Waals surface area contributed by atoms with Gasteiger partial charge in [-0.3, -0.25) is 0 Å². The molecule has 4 heteroatoms. The zero-order valence-electron chi connectivity index (χ0n) is 10.7. The zero-order valence-corrected chi connectivity index (χ0v) is 11.6. The van der Waals surface area contributed by atoms with Gasteiger partial charge < -0.3 is 10.3 Å². The second-order valence-corrected chi connectivity index (χ2v) is 4.29. The second kappa shape index (κ2) is 6.57. The molecule has 0 aliphatic heterocycles. The predicted molar refractivity (Wildman–Crippen MR) is 78.1 cm³/mol. The number of rotatable bonds is 7. The summed E-state index contributed by atoms with van der Waals surface area (Å²) in [4.78, 5) is 0. The molecule has 0 aliphatic carbocycles. The fourth-order valence-corrected chi connectivity index (χ4v) is 2.02. The lowest BCUT2D eigenvalue weighted by molar-refractivity contribution is 0.276.